The average molecular weight is 1090 g/mol. The van der Waals surface area contributed by atoms with Crippen LogP contribution in [0.4, 0.5) is 35.9 Å². The SMILES string of the molecule is Cc1c(C(=O)O)c(-c2cccc(N3CCN(c4ccc(NCCS(=O)(=O)c5ccc(N[C@H](CCN6CCC(C)(O)CC6)CSc6ccccc6)c(S(=O)(=O)C(F)(F)F)c5)cc4)CC3)c2)c(-c2ccc(Cl)cc2)n1C. The fourth-order valence-electron chi connectivity index (χ4n) is 9.50. The smallest absolute Gasteiger partial charge is 0.478 e. The van der Waals surface area contributed by atoms with E-state index in [0.717, 1.165) is 45.2 Å². The van der Waals surface area contributed by atoms with Gasteiger partial charge in [0, 0.05) is 109 Å². The van der Waals surface area contributed by atoms with Gasteiger partial charge in [0.1, 0.15) is 4.90 Å². The van der Waals surface area contributed by atoms with Crippen LogP contribution >= 0.6 is 23.4 Å². The molecule has 1 atom stereocenters. The lowest BCUT2D eigenvalue weighted by atomic mass is 9.94. The van der Waals surface area contributed by atoms with E-state index in [4.69, 9.17) is 11.6 Å². The van der Waals surface area contributed by atoms with E-state index in [2.05, 4.69) is 25.3 Å². The van der Waals surface area contributed by atoms with Gasteiger partial charge in [0.05, 0.1) is 33.2 Å². The summed E-state index contributed by atoms with van der Waals surface area (Å²) in [6.45, 7) is 8.04. The second-order valence-corrected chi connectivity index (χ2v) is 24.6. The Morgan fingerprint density at radius 1 is 0.811 bits per heavy atom. The molecule has 0 radical (unpaired) electrons. The zero-order valence-corrected chi connectivity index (χ0v) is 44.5. The number of likely N-dealkylation sites (tertiary alicyclic amines) is 1. The van der Waals surface area contributed by atoms with Crippen molar-refractivity contribution < 1.29 is 45.0 Å². The lowest BCUT2D eigenvalue weighted by molar-refractivity contribution is -0.0436. The molecule has 0 bridgehead atoms. The van der Waals surface area contributed by atoms with Crippen molar-refractivity contribution in [3.63, 3.8) is 0 Å². The summed E-state index contributed by atoms with van der Waals surface area (Å²) in [4.78, 5) is 18.5. The molecular weight excluding hydrogens is 1030 g/mol. The number of nitrogens with one attached hydrogen (secondary N) is 2. The number of halogens is 4. The Bertz CT molecular complexity index is 3160. The van der Waals surface area contributed by atoms with E-state index in [1.807, 2.05) is 103 Å². The number of piperidine rings is 1. The Hall–Kier alpha value is -5.70. The number of carboxylic acid groups (broad SMARTS) is 1. The molecule has 13 nitrogen and oxygen atoms in total. The summed E-state index contributed by atoms with van der Waals surface area (Å²) in [5, 5.41) is 27.5. The Morgan fingerprint density at radius 2 is 1.46 bits per heavy atom. The first-order valence-electron chi connectivity index (χ1n) is 24.3. The fraction of sp³-hybridized carbons (Fsp3) is 0.352. The molecule has 20 heteroatoms. The first kappa shape index (κ1) is 54.6. The minimum atomic E-state index is -5.99. The van der Waals surface area contributed by atoms with Crippen LogP contribution in [0.1, 0.15) is 42.2 Å². The predicted molar refractivity (Wildman–Crippen MR) is 290 cm³/mol. The number of aliphatic hydroxyl groups is 1. The van der Waals surface area contributed by atoms with Gasteiger partial charge in [-0.1, -0.05) is 54.1 Å². The predicted octanol–water partition coefficient (Wildman–Crippen LogP) is 10.3. The molecule has 0 spiro atoms. The molecule has 3 heterocycles. The number of carboxylic acids is 1. The van der Waals surface area contributed by atoms with Crippen molar-refractivity contribution >= 4 is 71.8 Å². The zero-order chi connectivity index (χ0) is 53.0. The highest BCUT2D eigenvalue weighted by molar-refractivity contribution is 7.99. The van der Waals surface area contributed by atoms with Crippen LogP contribution in [-0.2, 0) is 26.7 Å². The largest absolute Gasteiger partial charge is 0.501 e. The molecule has 0 unspecified atom stereocenters. The number of nitrogens with zero attached hydrogens (tertiary/aromatic N) is 4. The summed E-state index contributed by atoms with van der Waals surface area (Å²) >= 11 is 7.66. The van der Waals surface area contributed by atoms with Gasteiger partial charge in [-0.15, -0.1) is 11.8 Å². The van der Waals surface area contributed by atoms with Crippen LogP contribution in [0, 0.1) is 6.92 Å². The van der Waals surface area contributed by atoms with E-state index < -0.39 is 58.3 Å². The maximum atomic E-state index is 14.3. The topological polar surface area (TPSA) is 165 Å². The first-order chi connectivity index (χ1) is 35.1. The fourth-order valence-corrected chi connectivity index (χ4v) is 12.8. The number of anilines is 4. The molecule has 394 valence electrons. The molecule has 5 aromatic carbocycles. The quantitative estimate of drug-likeness (QED) is 0.0567. The second-order valence-electron chi connectivity index (χ2n) is 19.1. The highest BCUT2D eigenvalue weighted by Gasteiger charge is 2.48. The Morgan fingerprint density at radius 3 is 2.09 bits per heavy atom. The van der Waals surface area contributed by atoms with Crippen molar-refractivity contribution in [1.29, 1.82) is 0 Å². The molecule has 8 rings (SSSR count). The van der Waals surface area contributed by atoms with E-state index >= 15 is 0 Å². The van der Waals surface area contributed by atoms with Crippen LogP contribution in [0.3, 0.4) is 0 Å². The van der Waals surface area contributed by atoms with Crippen LogP contribution in [0.15, 0.2) is 136 Å². The summed E-state index contributed by atoms with van der Waals surface area (Å²) in [6, 6.07) is 34.5. The minimum absolute atomic E-state index is 0.108. The van der Waals surface area contributed by atoms with Crippen molar-refractivity contribution in [2.24, 2.45) is 7.05 Å². The number of sulfone groups is 2. The van der Waals surface area contributed by atoms with Crippen molar-refractivity contribution in [2.75, 3.05) is 84.3 Å². The van der Waals surface area contributed by atoms with E-state index in [9.17, 15) is 45.0 Å². The average Bonchev–Trinajstić information content (AvgIpc) is 3.64. The van der Waals surface area contributed by atoms with Crippen LogP contribution in [0.2, 0.25) is 5.02 Å². The van der Waals surface area contributed by atoms with Gasteiger partial charge in [-0.3, -0.25) is 0 Å². The Kier molecular flexibility index (Phi) is 16.7. The molecular formula is C54H60ClF3N6O7S3. The summed E-state index contributed by atoms with van der Waals surface area (Å²) in [7, 11) is -8.41. The number of rotatable bonds is 19. The number of benzene rings is 5. The van der Waals surface area contributed by atoms with Gasteiger partial charge in [0.2, 0.25) is 0 Å². The van der Waals surface area contributed by atoms with Crippen molar-refractivity contribution in [1.82, 2.24) is 9.47 Å². The van der Waals surface area contributed by atoms with Crippen LogP contribution in [0.5, 0.6) is 0 Å². The Labute approximate surface area is 440 Å². The lowest BCUT2D eigenvalue weighted by Gasteiger charge is -2.37. The van der Waals surface area contributed by atoms with Gasteiger partial charge < -0.3 is 40.1 Å². The van der Waals surface area contributed by atoms with Crippen molar-refractivity contribution in [3.8, 4) is 22.4 Å². The van der Waals surface area contributed by atoms with Gasteiger partial charge in [-0.05, 0) is 123 Å². The molecule has 2 aliphatic rings. The Balaban J connectivity index is 0.904. The standard InChI is InChI=1S/C54H60ClF3N6O7S3/c1-37-49(52(65)66)50(51(61(37)3)38-12-14-40(55)15-13-38)39-8-7-9-44(34-39)64-31-29-63(30-32-64)43-18-16-41(17-19-43)59-25-33-73(68,69)46-20-21-47(48(35-46)74(70,71)54(56,57)58)60-42(36-72-45-10-5-4-6-11-45)22-26-62-27-23-53(2,67)24-28-62/h4-21,34-35,42,59-60,67H,22-33,36H2,1-3H3,(H,65,66)/t42-/m1/s1. The molecule has 0 aliphatic carbocycles. The van der Waals surface area contributed by atoms with Crippen LogP contribution in [-0.4, -0.2) is 123 Å². The second kappa shape index (κ2) is 22.6. The third-order valence-electron chi connectivity index (χ3n) is 13.9. The van der Waals surface area contributed by atoms with Gasteiger partial charge in [-0.2, -0.15) is 13.2 Å². The highest BCUT2D eigenvalue weighted by atomic mass is 35.5. The van der Waals surface area contributed by atoms with Gasteiger partial charge in [0.25, 0.3) is 9.84 Å². The number of aromatic nitrogens is 1. The highest BCUT2D eigenvalue weighted by Crippen LogP contribution is 2.41. The normalized spacial score (nSPS) is 16.0. The molecule has 2 fully saturated rings. The number of hydrogen-bond acceptors (Lipinski definition) is 12. The number of hydrogen-bond donors (Lipinski definition) is 4. The lowest BCUT2D eigenvalue weighted by Crippen LogP contribution is -2.46. The molecule has 1 aromatic heterocycles. The van der Waals surface area contributed by atoms with Crippen LogP contribution in [0.25, 0.3) is 22.4 Å². The molecule has 2 saturated heterocycles. The van der Waals surface area contributed by atoms with Gasteiger partial charge in [-0.25, -0.2) is 21.6 Å². The van der Waals surface area contributed by atoms with E-state index in [-0.39, 0.29) is 17.8 Å². The number of carbonyl (C=O) groups is 1. The monoisotopic (exact) mass is 1090 g/mol. The first-order valence-corrected chi connectivity index (χ1v) is 28.8. The maximum Gasteiger partial charge on any atom is 0.501 e. The molecule has 0 saturated carbocycles. The summed E-state index contributed by atoms with van der Waals surface area (Å²) in [6.07, 6.45) is 1.58. The van der Waals surface area contributed by atoms with E-state index in [0.29, 0.717) is 98.9 Å². The number of thioether (sulfide) groups is 1. The number of aromatic carboxylic acids is 1. The number of piperazine rings is 1. The third-order valence-corrected chi connectivity index (χ3v) is 18.6. The number of alkyl halides is 3. The van der Waals surface area contributed by atoms with E-state index in [1.165, 1.54) is 11.8 Å². The summed E-state index contributed by atoms with van der Waals surface area (Å²) < 4.78 is 98.3. The zero-order valence-electron chi connectivity index (χ0n) is 41.3. The molecule has 0 amide bonds. The van der Waals surface area contributed by atoms with E-state index in [1.54, 1.807) is 26.0 Å². The third kappa shape index (κ3) is 12.7. The molecule has 6 aromatic rings. The van der Waals surface area contributed by atoms with Gasteiger partial charge >= 0.3 is 11.5 Å². The molecule has 2 aliphatic heterocycles. The van der Waals surface area contributed by atoms with Crippen molar-refractivity contribution in [2.45, 2.75) is 64.9 Å². The summed E-state index contributed by atoms with van der Waals surface area (Å²) in [5.74, 6) is -1.16. The maximum absolute atomic E-state index is 14.3. The van der Waals surface area contributed by atoms with Gasteiger partial charge in [0.15, 0.2) is 9.84 Å². The minimum Gasteiger partial charge on any atom is -0.478 e. The molecule has 74 heavy (non-hydrogen) atoms. The van der Waals surface area contributed by atoms with Crippen LogP contribution < -0.4 is 20.4 Å². The molecule has 4 N–H and O–H groups in total. The van der Waals surface area contributed by atoms with Crippen molar-refractivity contribution in [3.05, 3.63) is 138 Å². The summed E-state index contributed by atoms with van der Waals surface area (Å²) in [5.41, 5.74) is -0.361.